The van der Waals surface area contributed by atoms with E-state index in [9.17, 15) is 4.79 Å². The summed E-state index contributed by atoms with van der Waals surface area (Å²) in [6.07, 6.45) is 3.44. The van der Waals surface area contributed by atoms with Gasteiger partial charge in [0, 0.05) is 43.5 Å². The zero-order chi connectivity index (χ0) is 24.7. The summed E-state index contributed by atoms with van der Waals surface area (Å²) >= 11 is 0. The third kappa shape index (κ3) is 5.80. The SMILES string of the molecule is Cc1onc(-c2ccccc2)c1COc1ccc(C(=O)NC2CCN(Cc3ccccc3)CC2)cn1. The number of aromatic nitrogens is 2. The maximum Gasteiger partial charge on any atom is 0.253 e. The molecule has 1 saturated heterocycles. The summed E-state index contributed by atoms with van der Waals surface area (Å²) in [5.41, 5.74) is 4.46. The van der Waals surface area contributed by atoms with Crippen LogP contribution in [-0.2, 0) is 13.2 Å². The van der Waals surface area contributed by atoms with Crippen LogP contribution in [0, 0.1) is 6.92 Å². The third-order valence-corrected chi connectivity index (χ3v) is 6.57. The van der Waals surface area contributed by atoms with Gasteiger partial charge in [-0.3, -0.25) is 9.69 Å². The highest BCUT2D eigenvalue weighted by molar-refractivity contribution is 5.94. The summed E-state index contributed by atoms with van der Waals surface area (Å²) in [6.45, 7) is 5.04. The first-order chi connectivity index (χ1) is 17.7. The second kappa shape index (κ2) is 11.2. The first kappa shape index (κ1) is 23.8. The van der Waals surface area contributed by atoms with Crippen LogP contribution in [0.4, 0.5) is 0 Å². The highest BCUT2D eigenvalue weighted by Crippen LogP contribution is 2.26. The average molecular weight is 483 g/mol. The fraction of sp³-hybridized carbons (Fsp3) is 0.276. The number of benzene rings is 2. The molecule has 0 spiro atoms. The Morgan fingerprint density at radius 3 is 2.44 bits per heavy atom. The standard InChI is InChI=1S/C29H30N4O3/c1-21-26(28(32-36-21)23-10-6-3-7-11-23)20-35-27-13-12-24(18-30-27)29(34)31-25-14-16-33(17-15-25)19-22-8-4-2-5-9-22/h2-13,18,25H,14-17,19-20H2,1H3,(H,31,34). The molecule has 36 heavy (non-hydrogen) atoms. The molecule has 0 unspecified atom stereocenters. The molecule has 184 valence electrons. The number of likely N-dealkylation sites (tertiary alicyclic amines) is 1. The minimum atomic E-state index is -0.100. The zero-order valence-corrected chi connectivity index (χ0v) is 20.4. The minimum absolute atomic E-state index is 0.100. The number of carbonyl (C=O) groups excluding carboxylic acids is 1. The fourth-order valence-corrected chi connectivity index (χ4v) is 4.48. The van der Waals surface area contributed by atoms with E-state index in [0.717, 1.165) is 49.3 Å². The van der Waals surface area contributed by atoms with Crippen molar-refractivity contribution in [3.63, 3.8) is 0 Å². The number of hydrogen-bond acceptors (Lipinski definition) is 6. The number of hydrogen-bond donors (Lipinski definition) is 1. The number of carbonyl (C=O) groups is 1. The Morgan fingerprint density at radius 1 is 1.03 bits per heavy atom. The third-order valence-electron chi connectivity index (χ3n) is 6.57. The maximum atomic E-state index is 12.8. The predicted octanol–water partition coefficient (Wildman–Crippen LogP) is 5.02. The summed E-state index contributed by atoms with van der Waals surface area (Å²) in [6, 6.07) is 24.0. The number of nitrogens with zero attached hydrogens (tertiary/aromatic N) is 3. The highest BCUT2D eigenvalue weighted by atomic mass is 16.5. The normalized spacial score (nSPS) is 14.5. The van der Waals surface area contributed by atoms with E-state index in [-0.39, 0.29) is 18.6 Å². The number of amides is 1. The van der Waals surface area contributed by atoms with E-state index < -0.39 is 0 Å². The number of nitrogens with one attached hydrogen (secondary N) is 1. The van der Waals surface area contributed by atoms with Gasteiger partial charge in [0.05, 0.1) is 11.1 Å². The molecule has 1 N–H and O–H groups in total. The Morgan fingerprint density at radius 2 is 1.75 bits per heavy atom. The van der Waals surface area contributed by atoms with Crippen molar-refractivity contribution in [2.24, 2.45) is 0 Å². The summed E-state index contributed by atoms with van der Waals surface area (Å²) in [5, 5.41) is 7.34. The van der Waals surface area contributed by atoms with Gasteiger partial charge >= 0.3 is 0 Å². The quantitative estimate of drug-likeness (QED) is 0.380. The maximum absolute atomic E-state index is 12.8. The number of aryl methyl sites for hydroxylation is 1. The molecule has 0 aliphatic carbocycles. The van der Waals surface area contributed by atoms with Crippen LogP contribution in [0.25, 0.3) is 11.3 Å². The molecule has 2 aromatic heterocycles. The van der Waals surface area contributed by atoms with Crippen molar-refractivity contribution >= 4 is 5.91 Å². The van der Waals surface area contributed by atoms with Gasteiger partial charge in [0.15, 0.2) is 0 Å². The molecule has 1 fully saturated rings. The Hall–Kier alpha value is -3.97. The molecule has 1 aliphatic rings. The van der Waals surface area contributed by atoms with Crippen LogP contribution in [0.15, 0.2) is 83.5 Å². The molecular formula is C29H30N4O3. The summed E-state index contributed by atoms with van der Waals surface area (Å²) < 4.78 is 11.3. The van der Waals surface area contributed by atoms with Gasteiger partial charge in [-0.05, 0) is 31.4 Å². The smallest absolute Gasteiger partial charge is 0.253 e. The minimum Gasteiger partial charge on any atom is -0.473 e. The zero-order valence-electron chi connectivity index (χ0n) is 20.4. The lowest BCUT2D eigenvalue weighted by Crippen LogP contribution is -2.44. The van der Waals surface area contributed by atoms with Crippen molar-refractivity contribution in [3.05, 3.63) is 101 Å². The Balaban J connectivity index is 1.12. The van der Waals surface area contributed by atoms with Gasteiger partial charge in [-0.2, -0.15) is 0 Å². The van der Waals surface area contributed by atoms with E-state index in [2.05, 4.69) is 44.6 Å². The van der Waals surface area contributed by atoms with Gasteiger partial charge in [0.1, 0.15) is 18.1 Å². The van der Waals surface area contributed by atoms with E-state index in [1.54, 1.807) is 18.3 Å². The Kier molecular flexibility index (Phi) is 7.38. The molecule has 2 aromatic carbocycles. The summed E-state index contributed by atoms with van der Waals surface area (Å²) in [4.78, 5) is 19.5. The molecule has 5 rings (SSSR count). The Bertz CT molecular complexity index is 1270. The second-order valence-electron chi connectivity index (χ2n) is 9.12. The van der Waals surface area contributed by atoms with Crippen molar-refractivity contribution < 1.29 is 14.1 Å². The molecule has 7 heteroatoms. The molecule has 0 radical (unpaired) electrons. The van der Waals surface area contributed by atoms with Gasteiger partial charge in [-0.25, -0.2) is 4.98 Å². The van der Waals surface area contributed by atoms with Crippen LogP contribution in [0.3, 0.4) is 0 Å². The van der Waals surface area contributed by atoms with Crippen LogP contribution in [0.1, 0.15) is 40.1 Å². The number of piperidine rings is 1. The van der Waals surface area contributed by atoms with Gasteiger partial charge in [0.2, 0.25) is 5.88 Å². The van der Waals surface area contributed by atoms with Crippen LogP contribution in [-0.4, -0.2) is 40.1 Å². The molecule has 1 aliphatic heterocycles. The number of ether oxygens (including phenoxy) is 1. The fourth-order valence-electron chi connectivity index (χ4n) is 4.48. The largest absolute Gasteiger partial charge is 0.473 e. The first-order valence-electron chi connectivity index (χ1n) is 12.3. The van der Waals surface area contributed by atoms with Crippen molar-refractivity contribution in [3.8, 4) is 17.1 Å². The van der Waals surface area contributed by atoms with Crippen LogP contribution < -0.4 is 10.1 Å². The van der Waals surface area contributed by atoms with E-state index >= 15 is 0 Å². The Labute approximate surface area is 211 Å². The van der Waals surface area contributed by atoms with Gasteiger partial charge in [0.25, 0.3) is 5.91 Å². The molecular weight excluding hydrogens is 452 g/mol. The lowest BCUT2D eigenvalue weighted by atomic mass is 10.0. The second-order valence-corrected chi connectivity index (χ2v) is 9.12. The van der Waals surface area contributed by atoms with Crippen molar-refractivity contribution in [2.45, 2.75) is 39.0 Å². The van der Waals surface area contributed by atoms with Gasteiger partial charge < -0.3 is 14.6 Å². The van der Waals surface area contributed by atoms with E-state index in [1.807, 2.05) is 43.3 Å². The van der Waals surface area contributed by atoms with Crippen molar-refractivity contribution in [1.82, 2.24) is 20.4 Å². The van der Waals surface area contributed by atoms with Crippen LogP contribution in [0.2, 0.25) is 0 Å². The van der Waals surface area contributed by atoms with E-state index in [4.69, 9.17) is 9.26 Å². The van der Waals surface area contributed by atoms with Crippen molar-refractivity contribution in [2.75, 3.05) is 13.1 Å². The van der Waals surface area contributed by atoms with Crippen LogP contribution >= 0.6 is 0 Å². The molecule has 1 amide bonds. The number of pyridine rings is 1. The molecule has 0 atom stereocenters. The molecule has 4 aromatic rings. The number of rotatable bonds is 8. The van der Waals surface area contributed by atoms with Crippen LogP contribution in [0.5, 0.6) is 5.88 Å². The molecule has 3 heterocycles. The lowest BCUT2D eigenvalue weighted by Gasteiger charge is -2.32. The monoisotopic (exact) mass is 482 g/mol. The summed E-state index contributed by atoms with van der Waals surface area (Å²) in [7, 11) is 0. The topological polar surface area (TPSA) is 80.5 Å². The van der Waals surface area contributed by atoms with Gasteiger partial charge in [-0.1, -0.05) is 65.8 Å². The lowest BCUT2D eigenvalue weighted by molar-refractivity contribution is 0.0908. The molecule has 0 saturated carbocycles. The van der Waals surface area contributed by atoms with Crippen molar-refractivity contribution in [1.29, 1.82) is 0 Å². The molecule has 7 nitrogen and oxygen atoms in total. The van der Waals surface area contributed by atoms with E-state index in [1.165, 1.54) is 5.56 Å². The average Bonchev–Trinajstić information content (AvgIpc) is 3.30. The first-order valence-corrected chi connectivity index (χ1v) is 12.3. The highest BCUT2D eigenvalue weighted by Gasteiger charge is 2.21. The predicted molar refractivity (Wildman–Crippen MR) is 137 cm³/mol. The summed E-state index contributed by atoms with van der Waals surface area (Å²) in [5.74, 6) is 1.05. The molecule has 0 bridgehead atoms. The van der Waals surface area contributed by atoms with E-state index in [0.29, 0.717) is 17.2 Å². The van der Waals surface area contributed by atoms with Gasteiger partial charge in [-0.15, -0.1) is 0 Å².